The molecule has 0 atom stereocenters. The molecule has 10 aromatic rings. The fraction of sp³-hybridized carbons (Fsp3) is 0. The highest BCUT2D eigenvalue weighted by atomic mass is 16.3. The van der Waals surface area contributed by atoms with Crippen molar-refractivity contribution in [1.29, 1.82) is 0 Å². The van der Waals surface area contributed by atoms with Crippen LogP contribution in [0.4, 0.5) is 0 Å². The third-order valence-corrected chi connectivity index (χ3v) is 10.1. The largest absolute Gasteiger partial charge is 0.456 e. The predicted molar refractivity (Wildman–Crippen MR) is 208 cm³/mol. The summed E-state index contributed by atoms with van der Waals surface area (Å²) in [5.74, 6) is 0. The van der Waals surface area contributed by atoms with Crippen molar-refractivity contribution < 1.29 is 4.42 Å². The quantitative estimate of drug-likeness (QED) is 0.178. The summed E-state index contributed by atoms with van der Waals surface area (Å²) in [6.45, 7) is 0. The maximum Gasteiger partial charge on any atom is 0.136 e. The Balaban J connectivity index is 1.28. The van der Waals surface area contributed by atoms with Crippen molar-refractivity contribution in [2.75, 3.05) is 0 Å². The molecule has 10 rings (SSSR count). The SMILES string of the molecule is c1ccc(-c2c3ccc(-c4cccc5ccccc45)cc3c(-c3ccccc3)c3ccc(-c4ccc5c(c4)oc4ccccc45)cc23)cc1. The fourth-order valence-electron chi connectivity index (χ4n) is 7.79. The number of fused-ring (bicyclic) bond motifs is 6. The molecule has 0 saturated carbocycles. The van der Waals surface area contributed by atoms with E-state index in [1.54, 1.807) is 0 Å². The van der Waals surface area contributed by atoms with E-state index in [9.17, 15) is 0 Å². The maximum atomic E-state index is 6.30. The molecule has 1 heteroatoms. The van der Waals surface area contributed by atoms with Crippen molar-refractivity contribution in [1.82, 2.24) is 0 Å². The van der Waals surface area contributed by atoms with E-state index in [2.05, 4.69) is 170 Å². The molecule has 0 aliphatic heterocycles. The Bertz CT molecular complexity index is 2850. The fourth-order valence-corrected chi connectivity index (χ4v) is 7.79. The van der Waals surface area contributed by atoms with Crippen LogP contribution in [0.15, 0.2) is 186 Å². The van der Waals surface area contributed by atoms with Gasteiger partial charge < -0.3 is 4.42 Å². The molecule has 1 heterocycles. The zero-order valence-electron chi connectivity index (χ0n) is 26.7. The monoisotopic (exact) mass is 622 g/mol. The molecule has 0 spiro atoms. The molecule has 0 radical (unpaired) electrons. The van der Waals surface area contributed by atoms with E-state index in [-0.39, 0.29) is 0 Å². The second-order valence-corrected chi connectivity index (χ2v) is 12.8. The van der Waals surface area contributed by atoms with E-state index in [4.69, 9.17) is 4.42 Å². The predicted octanol–water partition coefficient (Wildman–Crippen LogP) is 13.7. The molecule has 0 amide bonds. The first-order valence-electron chi connectivity index (χ1n) is 16.8. The van der Waals surface area contributed by atoms with E-state index < -0.39 is 0 Å². The highest BCUT2D eigenvalue weighted by Gasteiger charge is 2.19. The van der Waals surface area contributed by atoms with Crippen LogP contribution in [0.1, 0.15) is 0 Å². The number of hydrogen-bond acceptors (Lipinski definition) is 1. The summed E-state index contributed by atoms with van der Waals surface area (Å²) in [6.07, 6.45) is 0. The Hall–Kier alpha value is -6.44. The average molecular weight is 623 g/mol. The Morgan fingerprint density at radius 1 is 0.265 bits per heavy atom. The number of para-hydroxylation sites is 1. The molecule has 0 N–H and O–H groups in total. The first-order valence-corrected chi connectivity index (χ1v) is 16.8. The molecule has 0 fully saturated rings. The van der Waals surface area contributed by atoms with Gasteiger partial charge in [-0.25, -0.2) is 0 Å². The van der Waals surface area contributed by atoms with Crippen molar-refractivity contribution in [3.05, 3.63) is 182 Å². The maximum absolute atomic E-state index is 6.30. The second-order valence-electron chi connectivity index (χ2n) is 12.8. The van der Waals surface area contributed by atoms with E-state index in [0.717, 1.165) is 33.1 Å². The van der Waals surface area contributed by atoms with Crippen molar-refractivity contribution in [3.63, 3.8) is 0 Å². The van der Waals surface area contributed by atoms with Crippen LogP contribution in [0.3, 0.4) is 0 Å². The zero-order chi connectivity index (χ0) is 32.3. The van der Waals surface area contributed by atoms with Gasteiger partial charge in [0.2, 0.25) is 0 Å². The Morgan fingerprint density at radius 2 is 0.776 bits per heavy atom. The van der Waals surface area contributed by atoms with Crippen LogP contribution in [-0.4, -0.2) is 0 Å². The van der Waals surface area contributed by atoms with Gasteiger partial charge in [-0.3, -0.25) is 0 Å². The normalized spacial score (nSPS) is 11.7. The van der Waals surface area contributed by atoms with E-state index >= 15 is 0 Å². The van der Waals surface area contributed by atoms with E-state index in [1.807, 2.05) is 12.1 Å². The topological polar surface area (TPSA) is 13.1 Å². The third kappa shape index (κ3) is 4.47. The minimum absolute atomic E-state index is 0.909. The minimum Gasteiger partial charge on any atom is -0.456 e. The number of furan rings is 1. The molecule has 49 heavy (non-hydrogen) atoms. The molecule has 0 bridgehead atoms. The van der Waals surface area contributed by atoms with Crippen LogP contribution in [0.25, 0.3) is 98.8 Å². The van der Waals surface area contributed by atoms with Gasteiger partial charge in [-0.1, -0.05) is 152 Å². The first kappa shape index (κ1) is 27.7. The van der Waals surface area contributed by atoms with Gasteiger partial charge in [0.1, 0.15) is 11.2 Å². The molecule has 228 valence electrons. The lowest BCUT2D eigenvalue weighted by Crippen LogP contribution is -1.93. The van der Waals surface area contributed by atoms with Crippen molar-refractivity contribution in [2.45, 2.75) is 0 Å². The molecular weight excluding hydrogens is 593 g/mol. The van der Waals surface area contributed by atoms with Gasteiger partial charge in [-0.15, -0.1) is 0 Å². The van der Waals surface area contributed by atoms with Crippen molar-refractivity contribution in [2.24, 2.45) is 0 Å². The lowest BCUT2D eigenvalue weighted by Gasteiger charge is -2.20. The molecule has 0 aliphatic carbocycles. The summed E-state index contributed by atoms with van der Waals surface area (Å²) in [5.41, 5.74) is 11.5. The Morgan fingerprint density at radius 3 is 1.49 bits per heavy atom. The lowest BCUT2D eigenvalue weighted by atomic mass is 9.83. The van der Waals surface area contributed by atoms with Crippen LogP contribution >= 0.6 is 0 Å². The Kier molecular flexibility index (Phi) is 6.25. The minimum atomic E-state index is 0.909. The highest BCUT2D eigenvalue weighted by Crippen LogP contribution is 2.46. The number of hydrogen-bond donors (Lipinski definition) is 0. The average Bonchev–Trinajstić information content (AvgIpc) is 3.55. The van der Waals surface area contributed by atoms with Gasteiger partial charge in [0.25, 0.3) is 0 Å². The van der Waals surface area contributed by atoms with Gasteiger partial charge in [0, 0.05) is 10.8 Å². The van der Waals surface area contributed by atoms with E-state index in [0.29, 0.717) is 0 Å². The standard InChI is InChI=1S/C48H30O/c1-3-13-32(14-4-1)47-42-27-24-36(38-20-11-17-31-12-7-8-18-37(31)38)29-44(42)48(33-15-5-2-6-16-33)41-26-23-34(28-43(41)47)35-22-25-40-39-19-9-10-21-45(39)49-46(40)30-35/h1-30H. The molecular formula is C48H30O. The summed E-state index contributed by atoms with van der Waals surface area (Å²) in [7, 11) is 0. The van der Waals surface area contributed by atoms with Gasteiger partial charge in [0.15, 0.2) is 0 Å². The van der Waals surface area contributed by atoms with Crippen LogP contribution in [0.5, 0.6) is 0 Å². The number of rotatable bonds is 4. The van der Waals surface area contributed by atoms with Gasteiger partial charge in [-0.2, -0.15) is 0 Å². The van der Waals surface area contributed by atoms with Crippen LogP contribution in [0.2, 0.25) is 0 Å². The van der Waals surface area contributed by atoms with Crippen molar-refractivity contribution >= 4 is 54.3 Å². The van der Waals surface area contributed by atoms with Gasteiger partial charge in [0.05, 0.1) is 0 Å². The van der Waals surface area contributed by atoms with Gasteiger partial charge in [-0.05, 0) is 107 Å². The molecule has 0 aliphatic rings. The van der Waals surface area contributed by atoms with Gasteiger partial charge >= 0.3 is 0 Å². The smallest absolute Gasteiger partial charge is 0.136 e. The molecule has 1 aromatic heterocycles. The van der Waals surface area contributed by atoms with E-state index in [1.165, 1.54) is 65.7 Å². The summed E-state index contributed by atoms with van der Waals surface area (Å²) in [5, 5.41) is 9.77. The molecule has 0 unspecified atom stereocenters. The molecule has 1 nitrogen and oxygen atoms in total. The first-order chi connectivity index (χ1) is 24.3. The number of benzene rings is 9. The highest BCUT2D eigenvalue weighted by molar-refractivity contribution is 6.23. The summed E-state index contributed by atoms with van der Waals surface area (Å²) in [6, 6.07) is 65.9. The second kappa shape index (κ2) is 11.1. The van der Waals surface area contributed by atoms with Crippen LogP contribution < -0.4 is 0 Å². The summed E-state index contributed by atoms with van der Waals surface area (Å²) in [4.78, 5) is 0. The van der Waals surface area contributed by atoms with Crippen LogP contribution in [-0.2, 0) is 0 Å². The molecule has 0 saturated heterocycles. The van der Waals surface area contributed by atoms with Crippen LogP contribution in [0, 0.1) is 0 Å². The summed E-state index contributed by atoms with van der Waals surface area (Å²) >= 11 is 0. The van der Waals surface area contributed by atoms with Crippen molar-refractivity contribution in [3.8, 4) is 44.5 Å². The Labute approximate surface area is 284 Å². The lowest BCUT2D eigenvalue weighted by molar-refractivity contribution is 0.669. The zero-order valence-corrected chi connectivity index (χ0v) is 26.7. The third-order valence-electron chi connectivity index (χ3n) is 10.1. The summed E-state index contributed by atoms with van der Waals surface area (Å²) < 4.78 is 6.30. The molecule has 9 aromatic carbocycles.